The summed E-state index contributed by atoms with van der Waals surface area (Å²) in [6.45, 7) is 10.9. The number of hydrogen-bond acceptors (Lipinski definition) is 9. The number of H-pyrrole nitrogens is 1. The van der Waals surface area contributed by atoms with Crippen molar-refractivity contribution in [3.63, 3.8) is 0 Å². The number of likely N-dealkylation sites (tertiary alicyclic amines) is 1. The molecule has 19 heteroatoms. The molecule has 0 radical (unpaired) electrons. The summed E-state index contributed by atoms with van der Waals surface area (Å²) in [6.07, 6.45) is -2.37. The molecular weight excluding hydrogens is 803 g/mol. The molecule has 0 aliphatic carbocycles. The van der Waals surface area contributed by atoms with Gasteiger partial charge in [-0.25, -0.2) is 23.9 Å². The molecule has 0 saturated carbocycles. The average Bonchev–Trinajstić information content (AvgIpc) is 3.87. The number of alkyl carbamates (subject to hydrolysis) is 1. The molecule has 15 nitrogen and oxygen atoms in total. The van der Waals surface area contributed by atoms with E-state index in [-0.39, 0.29) is 52.5 Å². The largest absolute Gasteiger partial charge is 0.573 e. The summed E-state index contributed by atoms with van der Waals surface area (Å²) >= 11 is 0. The van der Waals surface area contributed by atoms with E-state index in [1.807, 2.05) is 39.5 Å². The van der Waals surface area contributed by atoms with Gasteiger partial charge in [0, 0.05) is 56.6 Å². The van der Waals surface area contributed by atoms with Crippen LogP contribution in [0.4, 0.5) is 38.7 Å². The van der Waals surface area contributed by atoms with Crippen LogP contribution >= 0.6 is 0 Å². The summed E-state index contributed by atoms with van der Waals surface area (Å²) in [5, 5.41) is 7.60. The number of pyridine rings is 1. The van der Waals surface area contributed by atoms with Crippen LogP contribution < -0.4 is 25.6 Å². The van der Waals surface area contributed by atoms with Crippen molar-refractivity contribution < 1.29 is 46.2 Å². The van der Waals surface area contributed by atoms with Crippen LogP contribution in [0.15, 0.2) is 60.9 Å². The predicted molar refractivity (Wildman–Crippen MR) is 218 cm³/mol. The van der Waals surface area contributed by atoms with Gasteiger partial charge in [0.25, 0.3) is 5.91 Å². The van der Waals surface area contributed by atoms with E-state index in [9.17, 15) is 32.3 Å². The molecule has 5 amide bonds. The quantitative estimate of drug-likeness (QED) is 0.123. The minimum Gasteiger partial charge on any atom is -0.453 e. The lowest BCUT2D eigenvalue weighted by molar-refractivity contribution is -0.274. The fraction of sp³-hybridized carbons (Fsp3) is 0.429. The highest BCUT2D eigenvalue weighted by Crippen LogP contribution is 2.39. The van der Waals surface area contributed by atoms with Crippen LogP contribution in [0.2, 0.25) is 0 Å². The molecule has 5 unspecified atom stereocenters. The standard InChI is InChI=1S/C42H49F4N9O6/c1-22(2)36(52-41(59)60-7)39(57)55-19-23(3)14-33(55)37-49-18-32(50-37)27-10-8-26(9-11-27)29-15-30(43)31(16-34(29)61-42(44,45)46)51-38(56)28-12-13-35(48-17-28)53-20-25(5)54(21-24(53)4)40(58)47-6/h8-13,15-18,22-25,33,36H,14,19-21H2,1-7H3,(H,47,58)(H,49,50)(H,51,56)(H,52,59). The highest BCUT2D eigenvalue weighted by molar-refractivity contribution is 6.04. The van der Waals surface area contributed by atoms with Crippen LogP contribution in [0.25, 0.3) is 22.4 Å². The summed E-state index contributed by atoms with van der Waals surface area (Å²) < 4.78 is 65.8. The lowest BCUT2D eigenvalue weighted by Crippen LogP contribution is -2.60. The second-order valence-electron chi connectivity index (χ2n) is 15.8. The first-order chi connectivity index (χ1) is 28.9. The van der Waals surface area contributed by atoms with E-state index >= 15 is 4.39 Å². The van der Waals surface area contributed by atoms with Crippen LogP contribution in [0.3, 0.4) is 0 Å². The van der Waals surface area contributed by atoms with Crippen LogP contribution in [0.1, 0.15) is 63.3 Å². The van der Waals surface area contributed by atoms with Gasteiger partial charge in [0.1, 0.15) is 29.3 Å². The van der Waals surface area contributed by atoms with Gasteiger partial charge in [0.2, 0.25) is 5.91 Å². The van der Waals surface area contributed by atoms with E-state index in [4.69, 9.17) is 4.74 Å². The van der Waals surface area contributed by atoms with Gasteiger partial charge in [-0.15, -0.1) is 13.2 Å². The Morgan fingerprint density at radius 2 is 1.61 bits per heavy atom. The molecule has 4 N–H and O–H groups in total. The van der Waals surface area contributed by atoms with Crippen LogP contribution in [0, 0.1) is 17.7 Å². The number of ether oxygens (including phenoxy) is 2. The van der Waals surface area contributed by atoms with E-state index in [0.717, 1.165) is 12.1 Å². The van der Waals surface area contributed by atoms with Crippen molar-refractivity contribution in [2.45, 2.75) is 71.6 Å². The molecule has 5 atom stereocenters. The van der Waals surface area contributed by atoms with Gasteiger partial charge in [-0.1, -0.05) is 45.0 Å². The number of urea groups is 1. The van der Waals surface area contributed by atoms with Gasteiger partial charge in [-0.05, 0) is 61.4 Å². The van der Waals surface area contributed by atoms with Crippen molar-refractivity contribution in [3.05, 3.63) is 78.1 Å². The van der Waals surface area contributed by atoms with Gasteiger partial charge in [-0.3, -0.25) is 9.59 Å². The maximum Gasteiger partial charge on any atom is 0.573 e. The number of imidazole rings is 1. The summed E-state index contributed by atoms with van der Waals surface area (Å²) in [4.78, 5) is 68.8. The molecule has 4 aromatic rings. The Bertz CT molecular complexity index is 2230. The smallest absolute Gasteiger partial charge is 0.453 e. The van der Waals surface area contributed by atoms with E-state index in [0.29, 0.717) is 49.0 Å². The zero-order chi connectivity index (χ0) is 44.3. The summed E-state index contributed by atoms with van der Waals surface area (Å²) in [6, 6.07) is 9.33. The number of benzene rings is 2. The second kappa shape index (κ2) is 18.1. The Morgan fingerprint density at radius 3 is 2.23 bits per heavy atom. The minimum absolute atomic E-state index is 0.0323. The van der Waals surface area contributed by atoms with Crippen molar-refractivity contribution in [1.82, 2.24) is 35.4 Å². The third-order valence-electron chi connectivity index (χ3n) is 10.9. The number of hydrogen-bond donors (Lipinski definition) is 4. The van der Waals surface area contributed by atoms with E-state index in [1.165, 1.54) is 31.5 Å². The maximum absolute atomic E-state index is 15.6. The number of piperazine rings is 1. The van der Waals surface area contributed by atoms with Crippen molar-refractivity contribution in [1.29, 1.82) is 0 Å². The molecule has 0 bridgehead atoms. The number of nitrogens with zero attached hydrogens (tertiary/aromatic N) is 5. The molecule has 0 spiro atoms. The fourth-order valence-corrected chi connectivity index (χ4v) is 7.75. The Kier molecular flexibility index (Phi) is 13.1. The summed E-state index contributed by atoms with van der Waals surface area (Å²) in [5.41, 5.74) is 0.637. The van der Waals surface area contributed by atoms with Gasteiger partial charge in [0.05, 0.1) is 36.3 Å². The number of methoxy groups -OCH3 is 1. The molecule has 61 heavy (non-hydrogen) atoms. The normalized spacial score (nSPS) is 19.7. The number of nitrogens with one attached hydrogen (secondary N) is 4. The highest BCUT2D eigenvalue weighted by atomic mass is 19.4. The number of amides is 5. The third kappa shape index (κ3) is 9.98. The third-order valence-corrected chi connectivity index (χ3v) is 10.9. The molecule has 4 heterocycles. The monoisotopic (exact) mass is 851 g/mol. The maximum atomic E-state index is 15.6. The second-order valence-corrected chi connectivity index (χ2v) is 15.8. The first kappa shape index (κ1) is 44.2. The Labute approximate surface area is 350 Å². The Balaban J connectivity index is 1.18. The summed E-state index contributed by atoms with van der Waals surface area (Å²) in [7, 11) is 2.79. The Hall–Kier alpha value is -6.40. The van der Waals surface area contributed by atoms with Gasteiger partial charge in [0.15, 0.2) is 0 Å². The van der Waals surface area contributed by atoms with Crippen LogP contribution in [-0.2, 0) is 9.53 Å². The first-order valence-corrected chi connectivity index (χ1v) is 19.8. The van der Waals surface area contributed by atoms with Crippen molar-refractivity contribution in [2.24, 2.45) is 11.8 Å². The lowest BCUT2D eigenvalue weighted by Gasteiger charge is -2.44. The molecule has 2 aromatic carbocycles. The number of alkyl halides is 3. The fourth-order valence-electron chi connectivity index (χ4n) is 7.75. The van der Waals surface area contributed by atoms with Crippen molar-refractivity contribution in [2.75, 3.05) is 44.0 Å². The van der Waals surface area contributed by atoms with Crippen molar-refractivity contribution >= 4 is 35.4 Å². The number of carbonyl (C=O) groups is 4. The molecule has 326 valence electrons. The topological polar surface area (TPSA) is 174 Å². The van der Waals surface area contributed by atoms with E-state index in [1.54, 1.807) is 41.2 Å². The number of rotatable bonds is 10. The van der Waals surface area contributed by atoms with Gasteiger partial charge < -0.3 is 45.1 Å². The minimum atomic E-state index is -5.14. The Morgan fingerprint density at radius 1 is 0.902 bits per heavy atom. The zero-order valence-electron chi connectivity index (χ0n) is 34.8. The van der Waals surface area contributed by atoms with E-state index in [2.05, 4.69) is 35.6 Å². The average molecular weight is 852 g/mol. The molecule has 6 rings (SSSR count). The molecule has 2 saturated heterocycles. The number of anilines is 2. The van der Waals surface area contributed by atoms with Crippen molar-refractivity contribution in [3.8, 4) is 28.1 Å². The summed E-state index contributed by atoms with van der Waals surface area (Å²) in [5.74, 6) is -1.83. The molecule has 2 aliphatic rings. The molecule has 2 aromatic heterocycles. The molecule has 2 fully saturated rings. The van der Waals surface area contributed by atoms with Gasteiger partial charge >= 0.3 is 18.5 Å². The van der Waals surface area contributed by atoms with Crippen LogP contribution in [-0.4, -0.2) is 107 Å². The molecule has 2 aliphatic heterocycles. The van der Waals surface area contributed by atoms with Crippen LogP contribution in [0.5, 0.6) is 5.75 Å². The predicted octanol–water partition coefficient (Wildman–Crippen LogP) is 6.96. The number of carbonyl (C=O) groups excluding carboxylic acids is 4. The lowest BCUT2D eigenvalue weighted by atomic mass is 10.0. The number of aromatic amines is 1. The molecular formula is C42H49F4N9O6. The number of aromatic nitrogens is 3. The first-order valence-electron chi connectivity index (χ1n) is 19.8. The number of halogens is 4. The highest BCUT2D eigenvalue weighted by Gasteiger charge is 2.40. The SMILES string of the molecule is CNC(=O)N1CC(C)N(c2ccc(C(=O)Nc3cc(OC(F)(F)F)c(-c4ccc(-c5cnc(C6CC(C)CN6C(=O)C(NC(=O)OC)C(C)C)[nH]5)cc4)cc3F)cn2)CC1C. The zero-order valence-corrected chi connectivity index (χ0v) is 34.8. The van der Waals surface area contributed by atoms with Gasteiger partial charge in [-0.2, -0.15) is 0 Å². The van der Waals surface area contributed by atoms with E-state index < -0.39 is 47.7 Å².